The Kier molecular flexibility index (Phi) is 24.8. The zero-order chi connectivity index (χ0) is 72.5. The molecule has 105 heavy (non-hydrogen) atoms. The zero-order valence-corrected chi connectivity index (χ0v) is 62.8. The van der Waals surface area contributed by atoms with Gasteiger partial charge in [-0.25, -0.2) is 32.0 Å². The van der Waals surface area contributed by atoms with Gasteiger partial charge in [0.15, 0.2) is 0 Å². The van der Waals surface area contributed by atoms with Crippen molar-refractivity contribution in [3.05, 3.63) is 249 Å². The van der Waals surface area contributed by atoms with Gasteiger partial charge in [0.05, 0.1) is 85.1 Å². The van der Waals surface area contributed by atoms with E-state index >= 15 is 32.0 Å². The highest BCUT2D eigenvalue weighted by molar-refractivity contribution is 7.61. The maximum Gasteiger partial charge on any atom is 0.484 e. The molecule has 1 aliphatic carbocycles. The van der Waals surface area contributed by atoms with Crippen molar-refractivity contribution in [2.75, 3.05) is 19.6 Å². The first-order valence-corrected chi connectivity index (χ1v) is 44.2. The molecule has 560 valence electrons. The Morgan fingerprint density at radius 2 is 0.629 bits per heavy atom. The van der Waals surface area contributed by atoms with E-state index in [1.165, 1.54) is 51.0 Å². The molecule has 0 amide bonds. The minimum Gasteiger partial charge on any atom is -0.360 e. The predicted molar refractivity (Wildman–Crippen MR) is 375 cm³/mol. The number of hydrogen-bond acceptors (Lipinski definition) is 28. The number of hydrogen-bond donors (Lipinski definition) is 1. The van der Waals surface area contributed by atoms with E-state index in [1.807, 2.05) is 0 Å². The van der Waals surface area contributed by atoms with Gasteiger partial charge in [-0.3, -0.25) is 86.4 Å². The molecule has 7 atom stereocenters. The van der Waals surface area contributed by atoms with E-state index in [9.17, 15) is 4.89 Å². The highest BCUT2D eigenvalue weighted by atomic mass is 31.3. The summed E-state index contributed by atoms with van der Waals surface area (Å²) in [6.07, 6.45) is -9.32. The Bertz CT molecular complexity index is 4220. The number of aliphatic imine (C=N–C) groups is 1. The van der Waals surface area contributed by atoms with E-state index in [0.29, 0.717) is 66.8 Å². The molecule has 0 spiro atoms. The highest BCUT2D eigenvalue weighted by Gasteiger charge is 2.66. The Balaban J connectivity index is 0.000000768. The van der Waals surface area contributed by atoms with Crippen LogP contribution in [0.5, 0.6) is 0 Å². The van der Waals surface area contributed by atoms with E-state index in [1.54, 1.807) is 182 Å². The summed E-state index contributed by atoms with van der Waals surface area (Å²) in [4.78, 5) is 19.6. The first-order chi connectivity index (χ1) is 50.8. The van der Waals surface area contributed by atoms with Gasteiger partial charge in [0.25, 0.3) is 0 Å². The molecule has 29 nitrogen and oxygen atoms in total. The fraction of sp³-hybridized carbons (Fsp3) is 0.377. The molecule has 7 heterocycles. The second-order valence-electron chi connectivity index (χ2n) is 25.2. The van der Waals surface area contributed by atoms with Gasteiger partial charge in [0.1, 0.15) is 36.6 Å². The lowest BCUT2D eigenvalue weighted by Crippen LogP contribution is -2.66. The van der Waals surface area contributed by atoms with Crippen LogP contribution in [-0.4, -0.2) is 71.9 Å². The third-order valence-corrected chi connectivity index (χ3v) is 28.1. The molecule has 36 heteroatoms. The minimum absolute atomic E-state index is 0.389. The summed E-state index contributed by atoms with van der Waals surface area (Å²) < 4.78 is 226. The van der Waals surface area contributed by atoms with Crippen LogP contribution in [0.2, 0.25) is 0 Å². The monoisotopic (exact) mass is 1580 g/mol. The summed E-state index contributed by atoms with van der Waals surface area (Å²) in [5, 5.41) is 0. The van der Waals surface area contributed by atoms with Crippen LogP contribution < -0.4 is 0 Å². The Morgan fingerprint density at radius 1 is 0.362 bits per heavy atom. The molecule has 3 unspecified atom stereocenters. The van der Waals surface area contributed by atoms with E-state index in [-0.39, 0.29) is 0 Å². The van der Waals surface area contributed by atoms with E-state index in [2.05, 4.69) is 9.89 Å². The van der Waals surface area contributed by atoms with Crippen molar-refractivity contribution in [2.24, 2.45) is 4.99 Å². The van der Waals surface area contributed by atoms with Crippen molar-refractivity contribution >= 4 is 60.6 Å². The van der Waals surface area contributed by atoms with E-state index in [0.717, 1.165) is 6.54 Å². The van der Waals surface area contributed by atoms with Gasteiger partial charge < -0.3 is 9.79 Å². The second-order valence-corrected chi connectivity index (χ2v) is 36.5. The van der Waals surface area contributed by atoms with Crippen molar-refractivity contribution in [1.82, 2.24) is 4.90 Å². The number of nitrogens with zero attached hydrogens (tertiary/aromatic N) is 2. The molecule has 7 aliphatic heterocycles. The molecular weight excluding hydrogens is 1510 g/mol. The highest BCUT2D eigenvalue weighted by Crippen LogP contribution is 2.70. The van der Waals surface area contributed by atoms with Gasteiger partial charge in [-0.15, -0.1) is 0 Å². The zero-order valence-electron chi connectivity index (χ0n) is 56.5. The summed E-state index contributed by atoms with van der Waals surface area (Å²) in [7, 11) is -38.4. The van der Waals surface area contributed by atoms with Crippen LogP contribution in [0, 0.1) is 0 Å². The molecule has 8 aliphatic rings. The van der Waals surface area contributed by atoms with Crippen molar-refractivity contribution in [1.29, 1.82) is 0 Å². The third kappa shape index (κ3) is 19.7. The molecule has 0 radical (unpaired) electrons. The lowest BCUT2D eigenvalue weighted by molar-refractivity contribution is -0.207. The van der Waals surface area contributed by atoms with Crippen molar-refractivity contribution < 1.29 is 123 Å². The molecule has 7 aromatic carbocycles. The van der Waals surface area contributed by atoms with E-state index in [4.69, 9.17) is 85.7 Å². The Hall–Kier alpha value is -5.18. The summed E-state index contributed by atoms with van der Waals surface area (Å²) in [5.41, 5.74) is 5.48. The van der Waals surface area contributed by atoms with Crippen LogP contribution in [0.15, 0.2) is 187 Å². The van der Waals surface area contributed by atoms with Gasteiger partial charge in [-0.2, -0.15) is 4.31 Å². The van der Waals surface area contributed by atoms with Crippen LogP contribution >= 0.6 is 54.8 Å². The minimum atomic E-state index is -6.37. The van der Waals surface area contributed by atoms with Crippen LogP contribution in [0.4, 0.5) is 0 Å². The predicted octanol–water partition coefficient (Wildman–Crippen LogP) is 16.9. The maximum absolute atomic E-state index is 15.8. The lowest BCUT2D eigenvalue weighted by Gasteiger charge is -2.49. The third-order valence-electron chi connectivity index (χ3n) is 18.1. The number of phosphoric ester groups is 7. The largest absolute Gasteiger partial charge is 0.484 e. The fourth-order valence-corrected chi connectivity index (χ4v) is 22.0. The second kappa shape index (κ2) is 34.0. The molecular formula is C69H77N2O27P7. The normalized spacial score (nSPS) is 25.1. The first-order valence-electron chi connectivity index (χ1n) is 34.0. The Morgan fingerprint density at radius 3 is 0.924 bits per heavy atom. The number of rotatable bonds is 20. The fourth-order valence-electron chi connectivity index (χ4n) is 12.5. The molecule has 0 aromatic heterocycles. The average molecular weight is 1580 g/mol. The maximum atomic E-state index is 15.8. The summed E-state index contributed by atoms with van der Waals surface area (Å²) in [5.74, 6) is 1.40. The van der Waals surface area contributed by atoms with Gasteiger partial charge in [-0.1, -0.05) is 188 Å². The number of amidine groups is 1. The van der Waals surface area contributed by atoms with Crippen LogP contribution in [0.25, 0.3) is 0 Å². The molecule has 7 aromatic rings. The number of fused-ring (bicyclic) bond motifs is 6. The molecule has 1 N–H and O–H groups in total. The standard InChI is InChI=1S/C60H61O27P7.C9H16N2/c61-88(62,87-94(68,69-31-43-17-3-1-4-18-43)70-32-44-19-5-2-6-20-44)81-55-56(82-89(63)71-33-45-21-7-8-22-46(45)34-72-89)58(84-91(65)75-37-49-25-11-12-26-50(49)38-76-91)60(86-93(67)79-41-53-29-15-16-30-54(53)42-80-93)59(85-92(66)77-39-51-27-13-14-28-52(51)40-78-92)57(55)83-90(64)73-35-47-23-9-10-24-48(47)36-74-90;1-2-5-9-10-6-4-8-11(9)7-3-1/h1-30,55-60H,31-42H2,(H,61,62);1-8H2/t55?,56-,57-,58-,59+,60?;/m0./s1. The lowest BCUT2D eigenvalue weighted by atomic mass is 9.85. The van der Waals surface area contributed by atoms with Crippen LogP contribution in [0.3, 0.4) is 0 Å². The van der Waals surface area contributed by atoms with Gasteiger partial charge in [-0.05, 0) is 86.0 Å². The summed E-state index contributed by atoms with van der Waals surface area (Å²) in [6, 6.07) is 49.7. The van der Waals surface area contributed by atoms with Gasteiger partial charge >= 0.3 is 54.8 Å². The molecule has 1 saturated heterocycles. The van der Waals surface area contributed by atoms with Crippen molar-refractivity contribution in [2.45, 2.75) is 148 Å². The average Bonchev–Trinajstić information content (AvgIpc) is 1.29. The van der Waals surface area contributed by atoms with Crippen LogP contribution in [0.1, 0.15) is 98.9 Å². The quantitative estimate of drug-likeness (QED) is 0.0693. The molecule has 15 rings (SSSR count). The van der Waals surface area contributed by atoms with Gasteiger partial charge in [0.2, 0.25) is 0 Å². The SMILES string of the molecule is C1CCC2=NCCCN2CC1.O=P(O)(OC1[C@H](OP2(=O)OCc3ccccc3CO2)[C@H](OP2(=O)OCc3ccccc3CO2)C(OP2(=O)OCc3ccccc3CO2)[C@H](OP2(=O)OCc3ccccc3CO2)[C@H]1OP1(=O)OCc2ccccc2CO1)OP(=O)(OCc1ccccc1)OCc1ccccc1. The molecule has 2 fully saturated rings. The number of benzene rings is 7. The van der Waals surface area contributed by atoms with Crippen molar-refractivity contribution in [3.8, 4) is 0 Å². The van der Waals surface area contributed by atoms with Crippen molar-refractivity contribution in [3.63, 3.8) is 0 Å². The summed E-state index contributed by atoms with van der Waals surface area (Å²) in [6.45, 7) is -2.36. The smallest absolute Gasteiger partial charge is 0.360 e. The molecule has 1 saturated carbocycles. The summed E-state index contributed by atoms with van der Waals surface area (Å²) >= 11 is 0. The number of phosphoric acid groups is 7. The van der Waals surface area contributed by atoms with Crippen LogP contribution in [-0.2, 0) is 197 Å². The Labute approximate surface area is 606 Å². The van der Waals surface area contributed by atoms with Gasteiger partial charge in [0, 0.05) is 26.1 Å². The molecule has 0 bridgehead atoms. The first kappa shape index (κ1) is 76.6. The van der Waals surface area contributed by atoms with E-state index < -0.39 is 171 Å². The topological polar surface area (TPSA) is 331 Å².